The second-order valence-electron chi connectivity index (χ2n) is 1.04. The van der Waals surface area contributed by atoms with Crippen LogP contribution in [0.1, 0.15) is 0 Å². The highest BCUT2D eigenvalue weighted by atomic mass is 16.3. The van der Waals surface area contributed by atoms with Gasteiger partial charge in [-0.3, -0.25) is 0 Å². The monoisotopic (exact) mass is 89.1 g/mol. The molecule has 0 amide bonds. The molecular weight excluding hydrogens is 80.8 g/mol. The molecule has 0 fully saturated rings. The van der Waals surface area contributed by atoms with Gasteiger partial charge in [0.05, 0.1) is 6.73 Å². The maximum absolute atomic E-state index is 8.28. The molecule has 0 aromatic rings. The van der Waals surface area contributed by atoms with Crippen LogP contribution >= 0.6 is 0 Å². The third-order valence-corrected chi connectivity index (χ3v) is 0.387. The summed E-state index contributed by atoms with van der Waals surface area (Å²) >= 11 is 0. The average molecular weight is 88.9 g/mol. The van der Waals surface area contributed by atoms with Crippen LogP contribution in [0, 0.1) is 0 Å². The molecule has 0 aromatic heterocycles. The van der Waals surface area contributed by atoms with Gasteiger partial charge in [-0.15, -0.1) is 0 Å². The molecular formula is C2H8BNO2. The maximum atomic E-state index is 8.28. The molecule has 0 aliphatic rings. The lowest BCUT2D eigenvalue weighted by atomic mass is 9.90. The van der Waals surface area contributed by atoms with Crippen LogP contribution in [-0.2, 0) is 0 Å². The Morgan fingerprint density at radius 1 is 1.83 bits per heavy atom. The van der Waals surface area contributed by atoms with Gasteiger partial charge in [-0.25, -0.2) is 0 Å². The van der Waals surface area contributed by atoms with E-state index in [9.17, 15) is 0 Å². The number of aliphatic hydroxyl groups is 1. The van der Waals surface area contributed by atoms with E-state index in [1.807, 2.05) is 0 Å². The van der Waals surface area contributed by atoms with E-state index < -0.39 is 7.05 Å². The van der Waals surface area contributed by atoms with E-state index in [0.29, 0.717) is 0 Å². The van der Waals surface area contributed by atoms with Gasteiger partial charge in [0.15, 0.2) is 0 Å². The van der Waals surface area contributed by atoms with Crippen molar-refractivity contribution in [2.75, 3.05) is 6.73 Å². The minimum absolute atomic E-state index is 0.169. The zero-order chi connectivity index (χ0) is 4.99. The molecule has 3 N–H and O–H groups in total. The number of nitrogens with one attached hydrogen (secondary N) is 1. The van der Waals surface area contributed by atoms with E-state index in [1.165, 1.54) is 6.82 Å². The van der Waals surface area contributed by atoms with Crippen molar-refractivity contribution < 1.29 is 10.1 Å². The first kappa shape index (κ1) is 5.94. The lowest BCUT2D eigenvalue weighted by Gasteiger charge is -1.93. The minimum Gasteiger partial charge on any atom is -0.437 e. The van der Waals surface area contributed by atoms with Crippen molar-refractivity contribution in [3.8, 4) is 0 Å². The zero-order valence-electron chi connectivity index (χ0n) is 3.68. The molecule has 0 aromatic carbocycles. The average Bonchev–Trinajstić information content (AvgIpc) is 1.35. The summed E-state index contributed by atoms with van der Waals surface area (Å²) in [5.41, 5.74) is 0. The van der Waals surface area contributed by atoms with Crippen molar-refractivity contribution in [1.82, 2.24) is 5.23 Å². The van der Waals surface area contributed by atoms with Crippen LogP contribution in [0.25, 0.3) is 0 Å². The molecule has 0 aliphatic carbocycles. The summed E-state index contributed by atoms with van der Waals surface area (Å²) in [4.78, 5) is 0. The number of aliphatic hydroxyl groups excluding tert-OH is 1. The predicted octanol–water partition coefficient (Wildman–Crippen LogP) is -1.36. The minimum atomic E-state index is -0.602. The molecule has 36 valence electrons. The van der Waals surface area contributed by atoms with Gasteiger partial charge in [-0.2, -0.15) is 0 Å². The number of hydrogen-bond acceptors (Lipinski definition) is 3. The van der Waals surface area contributed by atoms with Crippen LogP contribution in [0.2, 0.25) is 6.82 Å². The summed E-state index contributed by atoms with van der Waals surface area (Å²) in [6, 6.07) is 0. The molecule has 6 heavy (non-hydrogen) atoms. The Labute approximate surface area is 37.1 Å². The molecule has 0 rings (SSSR count). The summed E-state index contributed by atoms with van der Waals surface area (Å²) in [5, 5.41) is 18.6. The highest BCUT2D eigenvalue weighted by molar-refractivity contribution is 6.45. The fourth-order valence-electron chi connectivity index (χ4n) is 0.132. The SMILES string of the molecule is CB(O)NCO. The first-order valence-corrected chi connectivity index (χ1v) is 1.79. The number of hydrogen-bond donors (Lipinski definition) is 3. The fourth-order valence-corrected chi connectivity index (χ4v) is 0.132. The molecule has 0 heterocycles. The highest BCUT2D eigenvalue weighted by Gasteiger charge is 1.94. The lowest BCUT2D eigenvalue weighted by molar-refractivity contribution is 0.281. The van der Waals surface area contributed by atoms with E-state index in [4.69, 9.17) is 10.1 Å². The molecule has 0 radical (unpaired) electrons. The van der Waals surface area contributed by atoms with Crippen LogP contribution in [-0.4, -0.2) is 23.9 Å². The van der Waals surface area contributed by atoms with Gasteiger partial charge in [0.1, 0.15) is 0 Å². The third kappa shape index (κ3) is 3.94. The summed E-state index contributed by atoms with van der Waals surface area (Å²) in [6.07, 6.45) is 0. The van der Waals surface area contributed by atoms with Crippen LogP contribution in [0.3, 0.4) is 0 Å². The highest BCUT2D eigenvalue weighted by Crippen LogP contribution is 1.57. The fraction of sp³-hybridized carbons (Fsp3) is 1.00. The second kappa shape index (κ2) is 3.15. The quantitative estimate of drug-likeness (QED) is 0.289. The van der Waals surface area contributed by atoms with Crippen LogP contribution in [0.4, 0.5) is 0 Å². The molecule has 0 spiro atoms. The molecule has 0 saturated heterocycles. The van der Waals surface area contributed by atoms with E-state index in [0.717, 1.165) is 0 Å². The topological polar surface area (TPSA) is 52.5 Å². The molecule has 0 unspecified atom stereocenters. The first-order chi connectivity index (χ1) is 2.77. The van der Waals surface area contributed by atoms with Gasteiger partial charge in [0.25, 0.3) is 0 Å². The van der Waals surface area contributed by atoms with E-state index >= 15 is 0 Å². The standard InChI is InChI=1S/C2H8BNO2/c1-3(6)4-2-5/h4-6H,2H2,1H3. The predicted molar refractivity (Wildman–Crippen MR) is 24.1 cm³/mol. The Bertz CT molecular complexity index is 32.7. The van der Waals surface area contributed by atoms with E-state index in [2.05, 4.69) is 5.23 Å². The van der Waals surface area contributed by atoms with E-state index in [1.54, 1.807) is 0 Å². The summed E-state index contributed by atoms with van der Waals surface area (Å²) in [5.74, 6) is 0. The molecule has 4 heteroatoms. The Kier molecular flexibility index (Phi) is 3.12. The molecule has 0 bridgehead atoms. The normalized spacial score (nSPS) is 8.50. The van der Waals surface area contributed by atoms with Gasteiger partial charge < -0.3 is 15.4 Å². The van der Waals surface area contributed by atoms with Gasteiger partial charge in [-0.05, 0) is 6.82 Å². The van der Waals surface area contributed by atoms with Gasteiger partial charge >= 0.3 is 7.05 Å². The van der Waals surface area contributed by atoms with Crippen molar-refractivity contribution in [2.24, 2.45) is 0 Å². The first-order valence-electron chi connectivity index (χ1n) is 1.79. The van der Waals surface area contributed by atoms with Gasteiger partial charge in [-0.1, -0.05) is 0 Å². The summed E-state index contributed by atoms with van der Waals surface area (Å²) in [6.45, 7) is 1.37. The van der Waals surface area contributed by atoms with Crippen molar-refractivity contribution in [1.29, 1.82) is 0 Å². The summed E-state index contributed by atoms with van der Waals surface area (Å²) in [7, 11) is -0.602. The Balaban J connectivity index is 2.63. The van der Waals surface area contributed by atoms with Crippen LogP contribution in [0.15, 0.2) is 0 Å². The Morgan fingerprint density at radius 2 is 2.33 bits per heavy atom. The Hall–Kier alpha value is -0.0551. The largest absolute Gasteiger partial charge is 0.437 e. The smallest absolute Gasteiger partial charge is 0.375 e. The van der Waals surface area contributed by atoms with Crippen molar-refractivity contribution in [2.45, 2.75) is 6.82 Å². The van der Waals surface area contributed by atoms with E-state index in [-0.39, 0.29) is 6.73 Å². The van der Waals surface area contributed by atoms with Gasteiger partial charge in [0, 0.05) is 0 Å². The molecule has 0 saturated carbocycles. The second-order valence-corrected chi connectivity index (χ2v) is 1.04. The molecule has 3 nitrogen and oxygen atoms in total. The third-order valence-electron chi connectivity index (χ3n) is 0.387. The van der Waals surface area contributed by atoms with Crippen LogP contribution < -0.4 is 5.23 Å². The van der Waals surface area contributed by atoms with Crippen molar-refractivity contribution >= 4 is 7.05 Å². The van der Waals surface area contributed by atoms with Crippen molar-refractivity contribution in [3.63, 3.8) is 0 Å². The maximum Gasteiger partial charge on any atom is 0.375 e. The summed E-state index contributed by atoms with van der Waals surface area (Å²) < 4.78 is 0. The lowest BCUT2D eigenvalue weighted by Crippen LogP contribution is -2.30. The molecule has 0 atom stereocenters. The zero-order valence-corrected chi connectivity index (χ0v) is 3.68. The van der Waals surface area contributed by atoms with Gasteiger partial charge in [0.2, 0.25) is 0 Å². The molecule has 0 aliphatic heterocycles. The van der Waals surface area contributed by atoms with Crippen molar-refractivity contribution in [3.05, 3.63) is 0 Å². The van der Waals surface area contributed by atoms with Crippen LogP contribution in [0.5, 0.6) is 0 Å². The Morgan fingerprint density at radius 3 is 2.33 bits per heavy atom. The number of rotatable bonds is 2.